The minimum absolute atomic E-state index is 0.0341. The highest BCUT2D eigenvalue weighted by atomic mass is 19.1. The molecule has 3 heterocycles. The fourth-order valence-electron chi connectivity index (χ4n) is 5.93. The summed E-state index contributed by atoms with van der Waals surface area (Å²) in [6.07, 6.45) is 7.47. The predicted octanol–water partition coefficient (Wildman–Crippen LogP) is 5.35. The number of methoxy groups -OCH3 is 1. The van der Waals surface area contributed by atoms with Gasteiger partial charge in [-0.3, -0.25) is 4.68 Å². The monoisotopic (exact) mass is 628 g/mol. The Hall–Kier alpha value is -4.89. The number of aromatic nitrogens is 4. The van der Waals surface area contributed by atoms with E-state index in [9.17, 15) is 9.18 Å². The lowest BCUT2D eigenvalue weighted by Crippen LogP contribution is -2.45. The van der Waals surface area contributed by atoms with Gasteiger partial charge < -0.3 is 29.6 Å². The van der Waals surface area contributed by atoms with Gasteiger partial charge in [0.15, 0.2) is 0 Å². The second-order valence-corrected chi connectivity index (χ2v) is 12.0. The van der Waals surface area contributed by atoms with E-state index in [0.717, 1.165) is 43.9 Å². The van der Waals surface area contributed by atoms with Gasteiger partial charge in [-0.05, 0) is 63.9 Å². The molecule has 242 valence electrons. The molecule has 1 fully saturated rings. The smallest absolute Gasteiger partial charge is 0.337 e. The van der Waals surface area contributed by atoms with Crippen molar-refractivity contribution in [1.82, 2.24) is 24.2 Å². The summed E-state index contributed by atoms with van der Waals surface area (Å²) in [6, 6.07) is 13.9. The molecule has 1 unspecified atom stereocenters. The quantitative estimate of drug-likeness (QED) is 0.163. The maximum Gasteiger partial charge on any atom is 0.337 e. The fraction of sp³-hybridized carbons (Fsp3) is 0.412. The van der Waals surface area contributed by atoms with Gasteiger partial charge in [0.25, 0.3) is 0 Å². The molecule has 1 atom stereocenters. The molecule has 46 heavy (non-hydrogen) atoms. The number of nitrogens with zero attached hydrogens (tertiary/aromatic N) is 7. The Morgan fingerprint density at radius 2 is 1.96 bits per heavy atom. The maximum atomic E-state index is 14.2. The summed E-state index contributed by atoms with van der Waals surface area (Å²) < 4.78 is 29.1. The Morgan fingerprint density at radius 3 is 2.65 bits per heavy atom. The zero-order valence-electron chi connectivity index (χ0n) is 26.8. The fourth-order valence-corrected chi connectivity index (χ4v) is 5.93. The maximum absolute atomic E-state index is 14.2. The molecular weight excluding hydrogens is 587 g/mol. The highest BCUT2D eigenvalue weighted by Gasteiger charge is 2.27. The van der Waals surface area contributed by atoms with Crippen LogP contribution in [0.5, 0.6) is 5.88 Å². The number of benzene rings is 2. The number of nitriles is 1. The third kappa shape index (κ3) is 7.49. The molecule has 2 N–H and O–H groups in total. The van der Waals surface area contributed by atoms with Crippen LogP contribution in [0.1, 0.15) is 72.9 Å². The predicted molar refractivity (Wildman–Crippen MR) is 173 cm³/mol. The topological polar surface area (TPSA) is 127 Å². The number of piperidine rings is 1. The molecule has 1 aliphatic heterocycles. The first kappa shape index (κ1) is 32.5. The van der Waals surface area contributed by atoms with Crippen LogP contribution in [0, 0.1) is 17.1 Å². The van der Waals surface area contributed by atoms with E-state index in [2.05, 4.69) is 45.2 Å². The summed E-state index contributed by atoms with van der Waals surface area (Å²) in [5.41, 5.74) is 10.0. The van der Waals surface area contributed by atoms with E-state index in [1.165, 1.54) is 13.2 Å². The Kier molecular flexibility index (Phi) is 10.2. The van der Waals surface area contributed by atoms with Gasteiger partial charge in [-0.25, -0.2) is 14.2 Å². The highest BCUT2D eigenvalue weighted by Crippen LogP contribution is 2.31. The second kappa shape index (κ2) is 14.5. The van der Waals surface area contributed by atoms with Crippen LogP contribution >= 0.6 is 0 Å². The highest BCUT2D eigenvalue weighted by molar-refractivity contribution is 5.92. The Morgan fingerprint density at radius 1 is 1.17 bits per heavy atom. The largest absolute Gasteiger partial charge is 0.472 e. The van der Waals surface area contributed by atoms with E-state index in [1.54, 1.807) is 30.3 Å². The Balaban J connectivity index is 1.23. The number of anilines is 2. The summed E-state index contributed by atoms with van der Waals surface area (Å²) in [5, 5.41) is 13.5. The normalized spacial score (nSPS) is 14.6. The molecule has 0 radical (unpaired) electrons. The zero-order chi connectivity index (χ0) is 32.8. The summed E-state index contributed by atoms with van der Waals surface area (Å²) in [6.45, 7) is 9.61. The van der Waals surface area contributed by atoms with Crippen LogP contribution in [0.15, 0.2) is 61.2 Å². The van der Waals surface area contributed by atoms with Crippen LogP contribution in [0.4, 0.5) is 15.8 Å². The van der Waals surface area contributed by atoms with Crippen molar-refractivity contribution in [1.29, 1.82) is 5.26 Å². The van der Waals surface area contributed by atoms with Gasteiger partial charge in [-0.2, -0.15) is 5.26 Å². The number of carbonyl (C=O) groups is 1. The van der Waals surface area contributed by atoms with E-state index in [-0.39, 0.29) is 30.3 Å². The second-order valence-electron chi connectivity index (χ2n) is 12.0. The molecule has 5 rings (SSSR count). The first-order valence-electron chi connectivity index (χ1n) is 15.5. The molecule has 0 amide bonds. The van der Waals surface area contributed by atoms with Gasteiger partial charge in [0.1, 0.15) is 12.4 Å². The Bertz CT molecular complexity index is 1690. The van der Waals surface area contributed by atoms with Crippen LogP contribution in [-0.2, 0) is 17.9 Å². The van der Waals surface area contributed by atoms with E-state index in [1.807, 2.05) is 35.5 Å². The number of nitrogen functional groups attached to an aromatic ring is 1. The third-order valence-electron chi connectivity index (χ3n) is 8.52. The minimum Gasteiger partial charge on any atom is -0.472 e. The molecule has 0 bridgehead atoms. The minimum atomic E-state index is -0.469. The summed E-state index contributed by atoms with van der Waals surface area (Å²) in [7, 11) is 1.37. The van der Waals surface area contributed by atoms with E-state index in [0.29, 0.717) is 29.2 Å². The number of hydrogen-bond acceptors (Lipinski definition) is 9. The first-order valence-corrected chi connectivity index (χ1v) is 15.5. The average molecular weight is 629 g/mol. The molecule has 0 aliphatic carbocycles. The van der Waals surface area contributed by atoms with Crippen molar-refractivity contribution in [2.75, 3.05) is 37.4 Å². The molecular formula is C34H41FN8O3. The van der Waals surface area contributed by atoms with E-state index >= 15 is 0 Å². The average Bonchev–Trinajstić information content (AvgIpc) is 3.73. The van der Waals surface area contributed by atoms with Gasteiger partial charge >= 0.3 is 5.97 Å². The van der Waals surface area contributed by atoms with Gasteiger partial charge in [0.05, 0.1) is 60.3 Å². The number of nitrogens with two attached hydrogens (primary N) is 1. The van der Waals surface area contributed by atoms with Crippen molar-refractivity contribution in [3.8, 4) is 11.9 Å². The van der Waals surface area contributed by atoms with Crippen molar-refractivity contribution < 1.29 is 18.7 Å². The van der Waals surface area contributed by atoms with Crippen molar-refractivity contribution in [3.05, 3.63) is 89.4 Å². The SMILES string of the molecule is COC(=O)c1ccc(N)c(N(Cc2cncn2C(C)C)C(C)CN2CCC(n3ccc(OCc4ccc(C#N)cc4F)n3)CC2)c1. The summed E-state index contributed by atoms with van der Waals surface area (Å²) >= 11 is 0. The van der Waals surface area contributed by atoms with Crippen molar-refractivity contribution in [2.24, 2.45) is 0 Å². The molecule has 1 saturated heterocycles. The van der Waals surface area contributed by atoms with Crippen LogP contribution < -0.4 is 15.4 Å². The first-order chi connectivity index (χ1) is 22.2. The van der Waals surface area contributed by atoms with Gasteiger partial charge in [-0.15, -0.1) is 5.10 Å². The molecule has 4 aromatic rings. The van der Waals surface area contributed by atoms with Crippen LogP contribution in [0.25, 0.3) is 0 Å². The van der Waals surface area contributed by atoms with E-state index < -0.39 is 11.8 Å². The van der Waals surface area contributed by atoms with Gasteiger partial charge in [-0.1, -0.05) is 6.07 Å². The lowest BCUT2D eigenvalue weighted by atomic mass is 10.0. The number of imidazole rings is 1. The number of likely N-dealkylation sites (tertiary alicyclic amines) is 1. The van der Waals surface area contributed by atoms with Crippen molar-refractivity contribution >= 4 is 17.3 Å². The zero-order valence-corrected chi connectivity index (χ0v) is 26.8. The summed E-state index contributed by atoms with van der Waals surface area (Å²) in [5.74, 6) is -0.442. The molecule has 2 aromatic heterocycles. The number of esters is 1. The van der Waals surface area contributed by atoms with Gasteiger partial charge in [0.2, 0.25) is 5.88 Å². The number of halogens is 1. The molecule has 12 heteroatoms. The number of carbonyl (C=O) groups excluding carboxylic acids is 1. The molecule has 0 spiro atoms. The Labute approximate surface area is 268 Å². The van der Waals surface area contributed by atoms with Crippen LogP contribution in [0.2, 0.25) is 0 Å². The lowest BCUT2D eigenvalue weighted by Gasteiger charge is -2.38. The molecule has 0 saturated carbocycles. The third-order valence-corrected chi connectivity index (χ3v) is 8.52. The number of hydrogen-bond donors (Lipinski definition) is 1. The van der Waals surface area contributed by atoms with Crippen molar-refractivity contribution in [2.45, 2.75) is 64.9 Å². The standard InChI is InChI=1S/C34H41FN8O3/c1-23(2)42-22-38-18-29(42)20-41(32-16-26(34(44)45-4)7-8-31(32)37)24(3)19-40-12-9-28(10-13-40)43-14-11-33(39-43)46-21-27-6-5-25(17-36)15-30(27)35/h5-8,11,14-16,18,22-24,28H,9-10,12-13,19-21,37H2,1-4H3. The number of rotatable bonds is 12. The van der Waals surface area contributed by atoms with Gasteiger partial charge in [0, 0.05) is 55.7 Å². The van der Waals surface area contributed by atoms with E-state index in [4.69, 9.17) is 20.5 Å². The lowest BCUT2D eigenvalue weighted by molar-refractivity contribution is 0.0600. The molecule has 11 nitrogen and oxygen atoms in total. The van der Waals surface area contributed by atoms with Crippen molar-refractivity contribution in [3.63, 3.8) is 0 Å². The van der Waals surface area contributed by atoms with Crippen LogP contribution in [-0.4, -0.2) is 63.0 Å². The number of ether oxygens (including phenoxy) is 2. The molecule has 1 aliphatic rings. The molecule has 2 aromatic carbocycles. The summed E-state index contributed by atoms with van der Waals surface area (Å²) in [4.78, 5) is 21.5. The van der Waals surface area contributed by atoms with Crippen LogP contribution in [0.3, 0.4) is 0 Å².